The first-order valence-corrected chi connectivity index (χ1v) is 9.35. The molecule has 1 amide bonds. The van der Waals surface area contributed by atoms with Gasteiger partial charge in [0.25, 0.3) is 5.56 Å². The molecule has 28 heavy (non-hydrogen) atoms. The van der Waals surface area contributed by atoms with Gasteiger partial charge in [-0.25, -0.2) is 10.5 Å². The van der Waals surface area contributed by atoms with Crippen LogP contribution in [0.5, 0.6) is 11.5 Å². The number of amides is 1. The SMILES string of the molecule is COc1ccc(-c2nc(SCCCCC(=O)NO)[nH]c(=O)c2C#N)cc1OC. The van der Waals surface area contributed by atoms with E-state index in [0.29, 0.717) is 40.8 Å². The molecule has 0 spiro atoms. The van der Waals surface area contributed by atoms with Crippen LogP contribution in [0.2, 0.25) is 0 Å². The Labute approximate surface area is 165 Å². The Morgan fingerprint density at radius 3 is 2.71 bits per heavy atom. The summed E-state index contributed by atoms with van der Waals surface area (Å²) in [5, 5.41) is 18.2. The van der Waals surface area contributed by atoms with Crippen molar-refractivity contribution in [3.8, 4) is 28.8 Å². The molecule has 148 valence electrons. The van der Waals surface area contributed by atoms with Gasteiger partial charge in [-0.3, -0.25) is 14.8 Å². The van der Waals surface area contributed by atoms with Crippen molar-refractivity contribution in [2.45, 2.75) is 24.4 Å². The molecule has 0 bridgehead atoms. The summed E-state index contributed by atoms with van der Waals surface area (Å²) in [6.45, 7) is 0. The van der Waals surface area contributed by atoms with Gasteiger partial charge in [-0.2, -0.15) is 5.26 Å². The second kappa shape index (κ2) is 10.3. The first-order valence-electron chi connectivity index (χ1n) is 8.36. The average Bonchev–Trinajstić information content (AvgIpc) is 2.72. The number of ether oxygens (including phenoxy) is 2. The second-order valence-corrected chi connectivity index (χ2v) is 6.70. The Bertz CT molecular complexity index is 939. The highest BCUT2D eigenvalue weighted by Gasteiger charge is 2.16. The van der Waals surface area contributed by atoms with Crippen LogP contribution in [0.3, 0.4) is 0 Å². The van der Waals surface area contributed by atoms with Gasteiger partial charge in [-0.15, -0.1) is 0 Å². The van der Waals surface area contributed by atoms with Crippen LogP contribution in [-0.4, -0.2) is 41.1 Å². The summed E-state index contributed by atoms with van der Waals surface area (Å²) in [7, 11) is 3.01. The van der Waals surface area contributed by atoms with Crippen molar-refractivity contribution in [1.29, 1.82) is 5.26 Å². The van der Waals surface area contributed by atoms with Gasteiger partial charge in [-0.1, -0.05) is 11.8 Å². The third-order valence-electron chi connectivity index (χ3n) is 3.83. The first-order chi connectivity index (χ1) is 13.5. The number of nitrogens with one attached hydrogen (secondary N) is 2. The van der Waals surface area contributed by atoms with Gasteiger partial charge in [0, 0.05) is 17.7 Å². The third kappa shape index (κ3) is 5.25. The zero-order valence-electron chi connectivity index (χ0n) is 15.4. The number of aromatic amines is 1. The third-order valence-corrected chi connectivity index (χ3v) is 4.79. The fourth-order valence-corrected chi connectivity index (χ4v) is 3.29. The number of carbonyl (C=O) groups is 1. The normalized spacial score (nSPS) is 10.2. The number of aromatic nitrogens is 2. The summed E-state index contributed by atoms with van der Waals surface area (Å²) in [6, 6.07) is 6.93. The zero-order chi connectivity index (χ0) is 20.5. The Balaban J connectivity index is 2.24. The minimum absolute atomic E-state index is 0.0869. The zero-order valence-corrected chi connectivity index (χ0v) is 16.3. The fourth-order valence-electron chi connectivity index (χ4n) is 2.43. The summed E-state index contributed by atoms with van der Waals surface area (Å²) in [4.78, 5) is 30.3. The average molecular weight is 404 g/mol. The maximum Gasteiger partial charge on any atom is 0.270 e. The number of benzene rings is 1. The highest BCUT2D eigenvalue weighted by Crippen LogP contribution is 2.32. The van der Waals surface area contributed by atoms with Crippen molar-refractivity contribution in [1.82, 2.24) is 15.4 Å². The van der Waals surface area contributed by atoms with Gasteiger partial charge in [0.2, 0.25) is 5.91 Å². The standard InChI is InChI=1S/C18H20N4O5S/c1-26-13-7-6-11(9-14(13)27-2)16-12(10-19)17(24)21-18(20-16)28-8-4-3-5-15(23)22-25/h6-7,9,25H,3-5,8H2,1-2H3,(H,22,23)(H,20,21,24). The number of unbranched alkanes of at least 4 members (excludes halogenated alkanes) is 1. The maximum atomic E-state index is 12.3. The smallest absolute Gasteiger partial charge is 0.270 e. The molecule has 0 fully saturated rings. The summed E-state index contributed by atoms with van der Waals surface area (Å²) in [6.07, 6.45) is 1.49. The van der Waals surface area contributed by atoms with Crippen LogP contribution in [0.4, 0.5) is 0 Å². The number of nitrogens with zero attached hydrogens (tertiary/aromatic N) is 2. The number of hydrogen-bond acceptors (Lipinski definition) is 8. The monoisotopic (exact) mass is 404 g/mol. The molecule has 0 saturated heterocycles. The number of nitriles is 1. The second-order valence-electron chi connectivity index (χ2n) is 5.62. The number of hydroxylamine groups is 1. The lowest BCUT2D eigenvalue weighted by atomic mass is 10.1. The van der Waals surface area contributed by atoms with E-state index >= 15 is 0 Å². The van der Waals surface area contributed by atoms with Crippen LogP contribution in [0.25, 0.3) is 11.3 Å². The van der Waals surface area contributed by atoms with Crippen LogP contribution in [0.1, 0.15) is 24.8 Å². The number of carbonyl (C=O) groups excluding carboxylic acids is 1. The molecule has 0 aliphatic carbocycles. The topological polar surface area (TPSA) is 137 Å². The van der Waals surface area contributed by atoms with Gasteiger partial charge in [0.1, 0.15) is 11.6 Å². The van der Waals surface area contributed by atoms with Crippen LogP contribution in [0, 0.1) is 11.3 Å². The van der Waals surface area contributed by atoms with E-state index in [4.69, 9.17) is 14.7 Å². The van der Waals surface area contributed by atoms with Crippen molar-refractivity contribution in [2.75, 3.05) is 20.0 Å². The van der Waals surface area contributed by atoms with Gasteiger partial charge in [0.05, 0.1) is 19.9 Å². The molecule has 2 aromatic rings. The Morgan fingerprint density at radius 2 is 2.07 bits per heavy atom. The Kier molecular flexibility index (Phi) is 7.86. The largest absolute Gasteiger partial charge is 0.493 e. The highest BCUT2D eigenvalue weighted by atomic mass is 32.2. The first kappa shape index (κ1) is 21.3. The van der Waals surface area contributed by atoms with Crippen molar-refractivity contribution in [3.63, 3.8) is 0 Å². The van der Waals surface area contributed by atoms with E-state index in [1.165, 1.54) is 26.0 Å². The molecule has 0 aliphatic heterocycles. The molecule has 3 N–H and O–H groups in total. The fraction of sp³-hybridized carbons (Fsp3) is 0.333. The lowest BCUT2D eigenvalue weighted by Gasteiger charge is -2.11. The summed E-state index contributed by atoms with van der Waals surface area (Å²) in [5.74, 6) is 1.16. The summed E-state index contributed by atoms with van der Waals surface area (Å²) in [5.41, 5.74) is 1.79. The van der Waals surface area contributed by atoms with E-state index in [0.717, 1.165) is 0 Å². The van der Waals surface area contributed by atoms with Crippen LogP contribution >= 0.6 is 11.8 Å². The van der Waals surface area contributed by atoms with Gasteiger partial charge < -0.3 is 14.5 Å². The minimum Gasteiger partial charge on any atom is -0.493 e. The van der Waals surface area contributed by atoms with Crippen molar-refractivity contribution < 1.29 is 19.5 Å². The van der Waals surface area contributed by atoms with Crippen LogP contribution < -0.4 is 20.5 Å². The minimum atomic E-state index is -0.524. The number of thioether (sulfide) groups is 1. The quantitative estimate of drug-likeness (QED) is 0.190. The molecule has 0 atom stereocenters. The molecule has 2 rings (SSSR count). The van der Waals surface area contributed by atoms with Gasteiger partial charge >= 0.3 is 0 Å². The summed E-state index contributed by atoms with van der Waals surface area (Å²) >= 11 is 1.31. The van der Waals surface area contributed by atoms with Gasteiger partial charge in [0.15, 0.2) is 16.7 Å². The van der Waals surface area contributed by atoms with E-state index in [9.17, 15) is 14.9 Å². The molecule has 0 aliphatic rings. The summed E-state index contributed by atoms with van der Waals surface area (Å²) < 4.78 is 10.5. The van der Waals surface area contributed by atoms with Crippen molar-refractivity contribution in [2.24, 2.45) is 0 Å². The van der Waals surface area contributed by atoms with E-state index in [-0.39, 0.29) is 17.7 Å². The van der Waals surface area contributed by atoms with E-state index in [1.807, 2.05) is 6.07 Å². The Morgan fingerprint density at radius 1 is 1.32 bits per heavy atom. The molecule has 1 heterocycles. The molecule has 0 unspecified atom stereocenters. The number of H-pyrrole nitrogens is 1. The number of rotatable bonds is 9. The number of hydrogen-bond donors (Lipinski definition) is 3. The molecule has 0 saturated carbocycles. The van der Waals surface area contributed by atoms with Crippen molar-refractivity contribution >= 4 is 17.7 Å². The maximum absolute atomic E-state index is 12.3. The lowest BCUT2D eigenvalue weighted by molar-refractivity contribution is -0.129. The van der Waals surface area contributed by atoms with Crippen molar-refractivity contribution in [3.05, 3.63) is 34.1 Å². The molecular weight excluding hydrogens is 384 g/mol. The molecule has 1 aromatic heterocycles. The van der Waals surface area contributed by atoms with E-state index in [2.05, 4.69) is 9.97 Å². The Hall–Kier alpha value is -3.03. The predicted octanol–water partition coefficient (Wildman–Crippen LogP) is 2.09. The van der Waals surface area contributed by atoms with Crippen LogP contribution in [0.15, 0.2) is 28.2 Å². The van der Waals surface area contributed by atoms with Crippen LogP contribution in [-0.2, 0) is 4.79 Å². The molecule has 0 radical (unpaired) electrons. The van der Waals surface area contributed by atoms with E-state index < -0.39 is 11.5 Å². The van der Waals surface area contributed by atoms with E-state index in [1.54, 1.807) is 23.7 Å². The molecule has 10 heteroatoms. The molecule has 9 nitrogen and oxygen atoms in total. The highest BCUT2D eigenvalue weighted by molar-refractivity contribution is 7.99. The van der Waals surface area contributed by atoms with Gasteiger partial charge in [-0.05, 0) is 31.0 Å². The lowest BCUT2D eigenvalue weighted by Crippen LogP contribution is -2.17. The predicted molar refractivity (Wildman–Crippen MR) is 103 cm³/mol. The molecule has 1 aromatic carbocycles. The molecular formula is C18H20N4O5S. The number of methoxy groups -OCH3 is 2.